The highest BCUT2D eigenvalue weighted by Gasteiger charge is 2.48. The fraction of sp³-hybridized carbons (Fsp3) is 0.714. The lowest BCUT2D eigenvalue weighted by Gasteiger charge is -2.29. The highest BCUT2D eigenvalue weighted by atomic mass is 32.5. The predicted octanol–water partition coefficient (Wildman–Crippen LogP) is 0.575. The number of hydrogen-bond donors (Lipinski definition) is 5. The fourth-order valence-corrected chi connectivity index (χ4v) is 6.41. The Labute approximate surface area is 177 Å². The average Bonchev–Trinajstić information content (AvgIpc) is 2.87. The van der Waals surface area contributed by atoms with E-state index in [4.69, 9.17) is 25.6 Å². The number of aromatic amines is 1. The maximum atomic E-state index is 12.2. The average molecular weight is 490 g/mol. The Balaban J connectivity index is 2.38. The van der Waals surface area contributed by atoms with Crippen LogP contribution in [0.5, 0.6) is 0 Å². The first-order chi connectivity index (χ1) is 13.3. The van der Waals surface area contributed by atoms with Gasteiger partial charge in [0.15, 0.2) is 0 Å². The summed E-state index contributed by atoms with van der Waals surface area (Å²) < 4.78 is 28.9. The van der Waals surface area contributed by atoms with Gasteiger partial charge in [-0.2, -0.15) is 0 Å². The topological polar surface area (TPSA) is 160 Å². The molecule has 1 fully saturated rings. The molecule has 1 saturated carbocycles. The smallest absolute Gasteiger partial charge is 0.328 e. The van der Waals surface area contributed by atoms with E-state index < -0.39 is 61.3 Å². The van der Waals surface area contributed by atoms with Crippen LogP contribution in [0.25, 0.3) is 0 Å². The predicted molar refractivity (Wildman–Crippen MR) is 112 cm³/mol. The third kappa shape index (κ3) is 7.10. The Kier molecular flexibility index (Phi) is 8.48. The van der Waals surface area contributed by atoms with E-state index in [2.05, 4.69) is 17.6 Å². The lowest BCUT2D eigenvalue weighted by atomic mass is 10.0. The summed E-state index contributed by atoms with van der Waals surface area (Å²) in [5, 5.41) is 0. The molecule has 6 atom stereocenters. The second-order valence-corrected chi connectivity index (χ2v) is 11.9. The van der Waals surface area contributed by atoms with E-state index in [-0.39, 0.29) is 12.8 Å². The van der Waals surface area contributed by atoms with Crippen molar-refractivity contribution in [2.45, 2.75) is 43.5 Å². The monoisotopic (exact) mass is 490 g/mol. The number of nitrogens with zero attached hydrogens (tertiary/aromatic N) is 1. The second kappa shape index (κ2) is 9.86. The Hall–Kier alpha value is -0.330. The number of thiol groups is 1. The van der Waals surface area contributed by atoms with Gasteiger partial charge in [-0.25, -0.2) is 4.79 Å². The normalized spacial score (nSPS) is 28.2. The van der Waals surface area contributed by atoms with Gasteiger partial charge >= 0.3 is 20.0 Å². The number of nitrogens with one attached hydrogen (secondary N) is 1. The van der Waals surface area contributed by atoms with E-state index in [1.54, 1.807) is 6.92 Å². The zero-order valence-corrected chi connectivity index (χ0v) is 19.2. The molecule has 1 aromatic rings. The molecule has 0 spiro atoms. The van der Waals surface area contributed by atoms with E-state index in [9.17, 15) is 28.8 Å². The number of rotatable bonds is 9. The van der Waals surface area contributed by atoms with Crippen LogP contribution < -0.4 is 11.2 Å². The SMILES string of the molecule is CO[C@@H]1[C@H](OP(O)(=S)OC(C)S)[C@@H](CCP(=O)(O)O)C[C@H]1n1ccc(=O)[nH]c1=O. The third-order valence-corrected chi connectivity index (χ3v) is 7.25. The van der Waals surface area contributed by atoms with Crippen molar-refractivity contribution >= 4 is 38.8 Å². The molecule has 0 bridgehead atoms. The van der Waals surface area contributed by atoms with E-state index in [1.165, 1.54) is 23.9 Å². The van der Waals surface area contributed by atoms with E-state index in [0.717, 1.165) is 0 Å². The van der Waals surface area contributed by atoms with Crippen LogP contribution >= 0.6 is 26.9 Å². The molecule has 2 rings (SSSR count). The molecule has 15 heteroatoms. The summed E-state index contributed by atoms with van der Waals surface area (Å²) in [6, 6.07) is 0.550. The molecule has 2 unspecified atom stereocenters. The summed E-state index contributed by atoms with van der Waals surface area (Å²) in [6.45, 7) is -2.21. The maximum Gasteiger partial charge on any atom is 0.328 e. The van der Waals surface area contributed by atoms with Crippen LogP contribution in [0.3, 0.4) is 0 Å². The lowest BCUT2D eigenvalue weighted by molar-refractivity contribution is -0.0194. The van der Waals surface area contributed by atoms with Crippen molar-refractivity contribution in [1.29, 1.82) is 0 Å². The van der Waals surface area contributed by atoms with Gasteiger partial charge < -0.3 is 23.9 Å². The molecule has 11 nitrogen and oxygen atoms in total. The minimum absolute atomic E-state index is 0.0369. The molecule has 0 amide bonds. The molecule has 1 aliphatic carbocycles. The number of H-pyrrole nitrogens is 1. The largest absolute Gasteiger partial charge is 0.377 e. The highest BCUT2D eigenvalue weighted by Crippen LogP contribution is 2.53. The molecule has 0 aromatic carbocycles. The molecule has 1 aromatic heterocycles. The van der Waals surface area contributed by atoms with Crippen molar-refractivity contribution < 1.29 is 33.0 Å². The summed E-state index contributed by atoms with van der Waals surface area (Å²) >= 11 is 9.03. The number of hydrogen-bond acceptors (Lipinski definition) is 8. The first-order valence-corrected chi connectivity index (χ1v) is 13.5. The van der Waals surface area contributed by atoms with Crippen molar-refractivity contribution in [2.24, 2.45) is 5.92 Å². The van der Waals surface area contributed by atoms with Gasteiger partial charge in [0.25, 0.3) is 5.56 Å². The first-order valence-electron chi connectivity index (χ1n) is 8.59. The molecule has 0 saturated heterocycles. The summed E-state index contributed by atoms with van der Waals surface area (Å²) in [6.07, 6.45) is -0.538. The van der Waals surface area contributed by atoms with E-state index in [1.807, 2.05) is 0 Å². The first kappa shape index (κ1) is 24.9. The van der Waals surface area contributed by atoms with E-state index >= 15 is 0 Å². The van der Waals surface area contributed by atoms with Crippen LogP contribution in [0.2, 0.25) is 0 Å². The third-order valence-electron chi connectivity index (χ3n) is 4.52. The Bertz CT molecular complexity index is 915. The molecular formula is C14H24N2O9P2S2. The highest BCUT2D eigenvalue weighted by molar-refractivity contribution is 8.07. The van der Waals surface area contributed by atoms with Gasteiger partial charge in [0, 0.05) is 19.4 Å². The molecule has 166 valence electrons. The summed E-state index contributed by atoms with van der Waals surface area (Å²) in [5.41, 5.74) is -1.94. The van der Waals surface area contributed by atoms with Crippen LogP contribution in [0, 0.1) is 5.92 Å². The number of aromatic nitrogens is 2. The second-order valence-electron chi connectivity index (χ2n) is 6.70. The van der Waals surface area contributed by atoms with Gasteiger partial charge in [-0.1, -0.05) is 0 Å². The molecule has 0 aliphatic heterocycles. The van der Waals surface area contributed by atoms with Gasteiger partial charge in [0.2, 0.25) is 0 Å². The van der Waals surface area contributed by atoms with Crippen LogP contribution in [-0.4, -0.2) is 55.1 Å². The summed E-state index contributed by atoms with van der Waals surface area (Å²) in [4.78, 5) is 54.6. The maximum absolute atomic E-state index is 12.2. The Morgan fingerprint density at radius 2 is 2.03 bits per heavy atom. The van der Waals surface area contributed by atoms with Crippen molar-refractivity contribution in [2.75, 3.05) is 13.3 Å². The Morgan fingerprint density at radius 1 is 1.38 bits per heavy atom. The van der Waals surface area contributed by atoms with Crippen LogP contribution in [0.1, 0.15) is 25.8 Å². The quantitative estimate of drug-likeness (QED) is 0.188. The molecule has 29 heavy (non-hydrogen) atoms. The van der Waals surface area contributed by atoms with Gasteiger partial charge in [-0.05, 0) is 37.5 Å². The van der Waals surface area contributed by atoms with Crippen LogP contribution in [0.15, 0.2) is 21.9 Å². The lowest BCUT2D eigenvalue weighted by Crippen LogP contribution is -2.38. The minimum Gasteiger partial charge on any atom is -0.377 e. The minimum atomic E-state index is -4.29. The summed E-state index contributed by atoms with van der Waals surface area (Å²) in [5.74, 6) is -0.510. The van der Waals surface area contributed by atoms with Gasteiger partial charge in [-0.15, -0.1) is 12.6 Å². The summed E-state index contributed by atoms with van der Waals surface area (Å²) in [7, 11) is -2.92. The standard InChI is InChI=1S/C14H24N2O9P2S2/c1-8(28)24-27(22,29)25-12-9(4-6-26(19,20)21)7-10(13(12)23-2)16-5-3-11(17)15-14(16)18/h3,5,8-10,12-13,28H,4,6-7H2,1-2H3,(H,22,29)(H,15,17,18)(H2,19,20,21)/t8?,9-,10+,12+,13-,27?/m0/s1. The van der Waals surface area contributed by atoms with Crippen LogP contribution in [-0.2, 0) is 30.2 Å². The van der Waals surface area contributed by atoms with Crippen molar-refractivity contribution in [1.82, 2.24) is 9.55 Å². The van der Waals surface area contributed by atoms with Crippen molar-refractivity contribution in [3.8, 4) is 0 Å². The molecule has 1 heterocycles. The molecule has 1 aliphatic rings. The molecular weight excluding hydrogens is 466 g/mol. The number of methoxy groups -OCH3 is 1. The molecule has 0 radical (unpaired) electrons. The van der Waals surface area contributed by atoms with E-state index in [0.29, 0.717) is 0 Å². The number of ether oxygens (including phenoxy) is 1. The molecule has 4 N–H and O–H groups in total. The van der Waals surface area contributed by atoms with Crippen molar-refractivity contribution in [3.05, 3.63) is 33.1 Å². The van der Waals surface area contributed by atoms with Gasteiger partial charge in [0.1, 0.15) is 11.5 Å². The van der Waals surface area contributed by atoms with Gasteiger partial charge in [0.05, 0.1) is 18.3 Å². The Morgan fingerprint density at radius 3 is 2.55 bits per heavy atom. The zero-order chi connectivity index (χ0) is 22.0. The van der Waals surface area contributed by atoms with Crippen molar-refractivity contribution in [3.63, 3.8) is 0 Å². The van der Waals surface area contributed by atoms with Gasteiger partial charge in [-0.3, -0.25) is 23.4 Å². The van der Waals surface area contributed by atoms with Crippen LogP contribution in [0.4, 0.5) is 0 Å². The zero-order valence-electron chi connectivity index (χ0n) is 15.7. The fourth-order valence-electron chi connectivity index (χ4n) is 3.45.